The highest BCUT2D eigenvalue weighted by atomic mass is 19.3. The van der Waals surface area contributed by atoms with E-state index in [1.165, 1.54) is 0 Å². The molecule has 4 nitrogen and oxygen atoms in total. The van der Waals surface area contributed by atoms with Gasteiger partial charge >= 0.3 is 6.03 Å². The summed E-state index contributed by atoms with van der Waals surface area (Å²) >= 11 is 0. The number of hydrogen-bond donors (Lipinski definition) is 1. The summed E-state index contributed by atoms with van der Waals surface area (Å²) in [6.07, 6.45) is -0.481. The van der Waals surface area contributed by atoms with Crippen molar-refractivity contribution >= 4 is 11.7 Å². The van der Waals surface area contributed by atoms with Crippen LogP contribution in [0, 0.1) is 6.92 Å². The molecular formula is C14H18F2N2O2. The molecule has 0 unspecified atom stereocenters. The lowest BCUT2D eigenvalue weighted by molar-refractivity contribution is 0.0816. The number of halogens is 2. The smallest absolute Gasteiger partial charge is 0.321 e. The third-order valence-corrected chi connectivity index (χ3v) is 3.20. The van der Waals surface area contributed by atoms with Gasteiger partial charge in [0, 0.05) is 24.8 Å². The fourth-order valence-electron chi connectivity index (χ4n) is 2.11. The first kappa shape index (κ1) is 14.6. The van der Waals surface area contributed by atoms with E-state index in [2.05, 4.69) is 5.32 Å². The highest BCUT2D eigenvalue weighted by Crippen LogP contribution is 2.23. The summed E-state index contributed by atoms with van der Waals surface area (Å²) in [5.41, 5.74) is 1.31. The normalized spacial score (nSPS) is 14.7. The predicted octanol–water partition coefficient (Wildman–Crippen LogP) is 3.27. The number of amides is 2. The van der Waals surface area contributed by atoms with Gasteiger partial charge < -0.3 is 15.0 Å². The van der Waals surface area contributed by atoms with Crippen LogP contribution in [0.25, 0.3) is 0 Å². The lowest BCUT2D eigenvalue weighted by Crippen LogP contribution is -2.32. The van der Waals surface area contributed by atoms with Crippen LogP contribution in [0.4, 0.5) is 19.3 Å². The second-order valence-electron chi connectivity index (χ2n) is 4.81. The van der Waals surface area contributed by atoms with Gasteiger partial charge in [0.05, 0.1) is 0 Å². The van der Waals surface area contributed by atoms with Crippen molar-refractivity contribution in [1.82, 2.24) is 4.90 Å². The second kappa shape index (κ2) is 6.54. The number of anilines is 1. The monoisotopic (exact) mass is 284 g/mol. The fourth-order valence-corrected chi connectivity index (χ4v) is 2.11. The number of hydrogen-bond acceptors (Lipinski definition) is 2. The molecule has 1 aliphatic rings. The Kier molecular flexibility index (Phi) is 4.76. The Labute approximate surface area is 116 Å². The van der Waals surface area contributed by atoms with Crippen molar-refractivity contribution in [3.63, 3.8) is 0 Å². The molecule has 1 aliphatic heterocycles. The Hall–Kier alpha value is -1.85. The van der Waals surface area contributed by atoms with Crippen LogP contribution in [0.3, 0.4) is 0 Å². The van der Waals surface area contributed by atoms with Crippen molar-refractivity contribution in [1.29, 1.82) is 0 Å². The van der Waals surface area contributed by atoms with Crippen molar-refractivity contribution in [2.24, 2.45) is 0 Å². The molecule has 0 bridgehead atoms. The highest BCUT2D eigenvalue weighted by Gasteiger charge is 2.18. The number of aryl methyl sites for hydroxylation is 1. The molecule has 20 heavy (non-hydrogen) atoms. The number of nitrogens with zero attached hydrogens (tertiary/aromatic N) is 1. The van der Waals surface area contributed by atoms with Crippen LogP contribution in [0.5, 0.6) is 5.75 Å². The summed E-state index contributed by atoms with van der Waals surface area (Å²) in [7, 11) is 0. The molecule has 2 rings (SSSR count). The fraction of sp³-hybridized carbons (Fsp3) is 0.500. The van der Waals surface area contributed by atoms with Gasteiger partial charge in [-0.3, -0.25) is 0 Å². The number of carbonyl (C=O) groups is 1. The molecule has 2 amide bonds. The van der Waals surface area contributed by atoms with Gasteiger partial charge in [0.1, 0.15) is 12.4 Å². The molecule has 6 heteroatoms. The van der Waals surface area contributed by atoms with E-state index in [0.29, 0.717) is 11.4 Å². The van der Waals surface area contributed by atoms with Gasteiger partial charge in [-0.15, -0.1) is 0 Å². The molecule has 0 aromatic heterocycles. The molecule has 110 valence electrons. The first-order valence-corrected chi connectivity index (χ1v) is 6.64. The van der Waals surface area contributed by atoms with E-state index in [4.69, 9.17) is 4.74 Å². The zero-order chi connectivity index (χ0) is 14.5. The second-order valence-corrected chi connectivity index (χ2v) is 4.81. The molecule has 0 spiro atoms. The lowest BCUT2D eigenvalue weighted by atomic mass is 10.2. The Morgan fingerprint density at radius 2 is 2.10 bits per heavy atom. The van der Waals surface area contributed by atoms with E-state index >= 15 is 0 Å². The Bertz CT molecular complexity index is 474. The molecule has 1 fully saturated rings. The van der Waals surface area contributed by atoms with Gasteiger partial charge in [-0.25, -0.2) is 13.6 Å². The average molecular weight is 284 g/mol. The van der Waals surface area contributed by atoms with E-state index in [9.17, 15) is 13.6 Å². The maximum Gasteiger partial charge on any atom is 0.321 e. The summed E-state index contributed by atoms with van der Waals surface area (Å²) in [6.45, 7) is 2.64. The Balaban J connectivity index is 2.00. The Morgan fingerprint density at radius 3 is 2.75 bits per heavy atom. The van der Waals surface area contributed by atoms with Crippen LogP contribution in [0.15, 0.2) is 18.2 Å². The summed E-state index contributed by atoms with van der Waals surface area (Å²) in [6, 6.07) is 4.89. The first-order valence-electron chi connectivity index (χ1n) is 6.64. The van der Waals surface area contributed by atoms with Gasteiger partial charge in [-0.1, -0.05) is 6.07 Å². The molecule has 1 saturated heterocycles. The number of urea groups is 1. The molecule has 0 saturated carbocycles. The summed E-state index contributed by atoms with van der Waals surface area (Å²) in [5.74, 6) is 0.365. The van der Waals surface area contributed by atoms with Gasteiger partial charge in [0.2, 0.25) is 0 Å². The maximum atomic E-state index is 12.2. The minimum atomic E-state index is -2.52. The SMILES string of the molecule is Cc1ccc(NC(=O)N2CCCC2)cc1OCC(F)F. The van der Waals surface area contributed by atoms with Crippen LogP contribution < -0.4 is 10.1 Å². The topological polar surface area (TPSA) is 41.6 Å². The van der Waals surface area contributed by atoms with Crippen molar-refractivity contribution in [3.05, 3.63) is 23.8 Å². The molecule has 0 atom stereocenters. The van der Waals surface area contributed by atoms with E-state index in [1.54, 1.807) is 30.0 Å². The molecule has 0 aliphatic carbocycles. The van der Waals surface area contributed by atoms with Crippen molar-refractivity contribution in [2.75, 3.05) is 25.0 Å². The predicted molar refractivity (Wildman–Crippen MR) is 72.5 cm³/mol. The van der Waals surface area contributed by atoms with E-state index in [1.807, 2.05) is 0 Å². The largest absolute Gasteiger partial charge is 0.487 e. The summed E-state index contributed by atoms with van der Waals surface area (Å²) < 4.78 is 29.4. The summed E-state index contributed by atoms with van der Waals surface area (Å²) in [5, 5.41) is 2.76. The molecule has 1 aromatic rings. The van der Waals surface area contributed by atoms with E-state index in [-0.39, 0.29) is 6.03 Å². The van der Waals surface area contributed by atoms with Gasteiger partial charge in [-0.05, 0) is 31.4 Å². The molecule has 0 radical (unpaired) electrons. The quantitative estimate of drug-likeness (QED) is 0.922. The Morgan fingerprint density at radius 1 is 1.40 bits per heavy atom. The molecule has 1 heterocycles. The number of rotatable bonds is 4. The van der Waals surface area contributed by atoms with Crippen LogP contribution >= 0.6 is 0 Å². The van der Waals surface area contributed by atoms with Crippen molar-refractivity contribution in [2.45, 2.75) is 26.2 Å². The highest BCUT2D eigenvalue weighted by molar-refractivity contribution is 5.89. The van der Waals surface area contributed by atoms with Gasteiger partial charge in [0.25, 0.3) is 6.43 Å². The third kappa shape index (κ3) is 3.82. The van der Waals surface area contributed by atoms with Crippen LogP contribution in [0.1, 0.15) is 18.4 Å². The minimum Gasteiger partial charge on any atom is -0.487 e. The van der Waals surface area contributed by atoms with Crippen LogP contribution in [-0.4, -0.2) is 37.1 Å². The molecule has 1 aromatic carbocycles. The number of carbonyl (C=O) groups excluding carboxylic acids is 1. The standard InChI is InChI=1S/C14H18F2N2O2/c1-10-4-5-11(8-12(10)20-9-13(15)16)17-14(19)18-6-2-3-7-18/h4-5,8,13H,2-3,6-7,9H2,1H3,(H,17,19). The number of alkyl halides is 2. The van der Waals surface area contributed by atoms with Crippen molar-refractivity contribution in [3.8, 4) is 5.75 Å². The number of benzene rings is 1. The van der Waals surface area contributed by atoms with Crippen LogP contribution in [-0.2, 0) is 0 Å². The average Bonchev–Trinajstić information content (AvgIpc) is 2.93. The van der Waals surface area contributed by atoms with E-state index < -0.39 is 13.0 Å². The molecular weight excluding hydrogens is 266 g/mol. The maximum absolute atomic E-state index is 12.2. The number of nitrogens with one attached hydrogen (secondary N) is 1. The van der Waals surface area contributed by atoms with Crippen LogP contribution in [0.2, 0.25) is 0 Å². The van der Waals surface area contributed by atoms with Gasteiger partial charge in [-0.2, -0.15) is 0 Å². The zero-order valence-corrected chi connectivity index (χ0v) is 11.4. The van der Waals surface area contributed by atoms with E-state index in [0.717, 1.165) is 31.5 Å². The first-order chi connectivity index (χ1) is 9.56. The minimum absolute atomic E-state index is 0.161. The zero-order valence-electron chi connectivity index (χ0n) is 11.4. The number of likely N-dealkylation sites (tertiary alicyclic amines) is 1. The summed E-state index contributed by atoms with van der Waals surface area (Å²) in [4.78, 5) is 13.7. The van der Waals surface area contributed by atoms with Crippen molar-refractivity contribution < 1.29 is 18.3 Å². The molecule has 1 N–H and O–H groups in total. The van der Waals surface area contributed by atoms with Gasteiger partial charge in [0.15, 0.2) is 0 Å². The number of ether oxygens (including phenoxy) is 1. The third-order valence-electron chi connectivity index (χ3n) is 3.20. The lowest BCUT2D eigenvalue weighted by Gasteiger charge is -2.17.